The van der Waals surface area contributed by atoms with Gasteiger partial charge in [-0.3, -0.25) is 9.59 Å². The Kier molecular flexibility index (Phi) is 4.70. The number of amides is 1. The number of aromatic amines is 1. The molecule has 0 saturated carbocycles. The highest BCUT2D eigenvalue weighted by atomic mass is 16.2. The molecule has 3 rings (SSSR count). The highest BCUT2D eigenvalue weighted by Crippen LogP contribution is 2.20. The zero-order chi connectivity index (χ0) is 18.0. The van der Waals surface area contributed by atoms with Crippen LogP contribution in [-0.2, 0) is 11.3 Å². The number of hydrogen-bond acceptors (Lipinski definition) is 2. The first kappa shape index (κ1) is 17.0. The SMILES string of the molecule is CCC(=O)N(Cc1cc2cccc(C)c2[nH]c1=O)c1ccc(C)cc1. The van der Waals surface area contributed by atoms with Crippen molar-refractivity contribution in [3.63, 3.8) is 0 Å². The van der Waals surface area contributed by atoms with Gasteiger partial charge in [-0.05, 0) is 43.0 Å². The number of pyridine rings is 1. The third-order valence-electron chi connectivity index (χ3n) is 4.44. The molecule has 1 aromatic heterocycles. The Morgan fingerprint density at radius 2 is 1.80 bits per heavy atom. The summed E-state index contributed by atoms with van der Waals surface area (Å²) in [5.74, 6) is -0.00686. The number of rotatable bonds is 4. The maximum atomic E-state index is 12.5. The van der Waals surface area contributed by atoms with Gasteiger partial charge in [0.05, 0.1) is 12.1 Å². The Morgan fingerprint density at radius 3 is 2.48 bits per heavy atom. The fourth-order valence-corrected chi connectivity index (χ4v) is 2.96. The Balaban J connectivity index is 2.03. The van der Waals surface area contributed by atoms with E-state index in [4.69, 9.17) is 0 Å². The Morgan fingerprint density at radius 1 is 1.08 bits per heavy atom. The molecule has 0 spiro atoms. The van der Waals surface area contributed by atoms with Gasteiger partial charge in [0.15, 0.2) is 0 Å². The lowest BCUT2D eigenvalue weighted by Crippen LogP contribution is -2.32. The molecular formula is C21H22N2O2. The van der Waals surface area contributed by atoms with Crippen LogP contribution in [0.5, 0.6) is 0 Å². The maximum Gasteiger partial charge on any atom is 0.253 e. The first-order chi connectivity index (χ1) is 12.0. The van der Waals surface area contributed by atoms with Crippen LogP contribution in [0.1, 0.15) is 30.0 Å². The largest absolute Gasteiger partial charge is 0.321 e. The molecule has 0 bridgehead atoms. The van der Waals surface area contributed by atoms with Crippen LogP contribution < -0.4 is 10.5 Å². The topological polar surface area (TPSA) is 53.2 Å². The summed E-state index contributed by atoms with van der Waals surface area (Å²) in [6.07, 6.45) is 0.387. The van der Waals surface area contributed by atoms with Gasteiger partial charge in [-0.2, -0.15) is 0 Å². The molecule has 1 heterocycles. The molecule has 0 unspecified atom stereocenters. The van der Waals surface area contributed by atoms with Gasteiger partial charge in [0.25, 0.3) is 5.56 Å². The summed E-state index contributed by atoms with van der Waals surface area (Å²) in [6.45, 7) is 6.07. The first-order valence-corrected chi connectivity index (χ1v) is 8.48. The van der Waals surface area contributed by atoms with Gasteiger partial charge in [-0.25, -0.2) is 0 Å². The van der Waals surface area contributed by atoms with Gasteiger partial charge in [0.2, 0.25) is 5.91 Å². The highest BCUT2D eigenvalue weighted by molar-refractivity contribution is 5.93. The second-order valence-corrected chi connectivity index (χ2v) is 6.33. The van der Waals surface area contributed by atoms with E-state index in [1.54, 1.807) is 4.90 Å². The van der Waals surface area contributed by atoms with Crippen LogP contribution >= 0.6 is 0 Å². The Labute approximate surface area is 147 Å². The van der Waals surface area contributed by atoms with E-state index in [0.717, 1.165) is 27.7 Å². The van der Waals surface area contributed by atoms with Crippen LogP contribution in [0.25, 0.3) is 10.9 Å². The van der Waals surface area contributed by atoms with Crippen molar-refractivity contribution in [2.45, 2.75) is 33.7 Å². The van der Waals surface area contributed by atoms with Crippen molar-refractivity contribution in [3.05, 3.63) is 75.6 Å². The maximum absolute atomic E-state index is 12.5. The summed E-state index contributed by atoms with van der Waals surface area (Å²) >= 11 is 0. The summed E-state index contributed by atoms with van der Waals surface area (Å²) < 4.78 is 0. The number of carbonyl (C=O) groups excluding carboxylic acids is 1. The fraction of sp³-hybridized carbons (Fsp3) is 0.238. The van der Waals surface area contributed by atoms with Crippen LogP contribution in [-0.4, -0.2) is 10.9 Å². The second kappa shape index (κ2) is 6.93. The number of fused-ring (bicyclic) bond motifs is 1. The van der Waals surface area contributed by atoms with E-state index >= 15 is 0 Å². The van der Waals surface area contributed by atoms with Crippen LogP contribution in [0.4, 0.5) is 5.69 Å². The number of carbonyl (C=O) groups is 1. The van der Waals surface area contributed by atoms with Crippen molar-refractivity contribution in [1.82, 2.24) is 4.98 Å². The molecule has 25 heavy (non-hydrogen) atoms. The minimum atomic E-state index is -0.150. The minimum Gasteiger partial charge on any atom is -0.321 e. The molecule has 0 aliphatic heterocycles. The average molecular weight is 334 g/mol. The lowest BCUT2D eigenvalue weighted by atomic mass is 10.1. The number of para-hydroxylation sites is 1. The van der Waals surface area contributed by atoms with Crippen molar-refractivity contribution in [2.75, 3.05) is 4.90 Å². The van der Waals surface area contributed by atoms with E-state index in [-0.39, 0.29) is 18.0 Å². The number of anilines is 1. The third-order valence-corrected chi connectivity index (χ3v) is 4.44. The van der Waals surface area contributed by atoms with Crippen LogP contribution in [0.3, 0.4) is 0 Å². The monoisotopic (exact) mass is 334 g/mol. The van der Waals surface area contributed by atoms with Crippen LogP contribution in [0, 0.1) is 13.8 Å². The van der Waals surface area contributed by atoms with Gasteiger partial charge in [0.1, 0.15) is 0 Å². The van der Waals surface area contributed by atoms with E-state index in [1.165, 1.54) is 0 Å². The summed E-state index contributed by atoms with van der Waals surface area (Å²) in [5, 5.41) is 0.974. The molecule has 3 aromatic rings. The molecule has 128 valence electrons. The number of hydrogen-bond donors (Lipinski definition) is 1. The highest BCUT2D eigenvalue weighted by Gasteiger charge is 2.16. The summed E-state index contributed by atoms with van der Waals surface area (Å²) in [4.78, 5) is 29.6. The van der Waals surface area contributed by atoms with E-state index in [2.05, 4.69) is 4.98 Å². The van der Waals surface area contributed by atoms with Gasteiger partial charge < -0.3 is 9.88 Å². The molecule has 4 heteroatoms. The summed E-state index contributed by atoms with van der Waals surface area (Å²) in [6, 6.07) is 15.6. The van der Waals surface area contributed by atoms with Crippen molar-refractivity contribution < 1.29 is 4.79 Å². The zero-order valence-corrected chi connectivity index (χ0v) is 14.8. The van der Waals surface area contributed by atoms with Gasteiger partial charge >= 0.3 is 0 Å². The first-order valence-electron chi connectivity index (χ1n) is 8.48. The molecule has 0 atom stereocenters. The predicted octanol–water partition coefficient (Wildman–Crippen LogP) is 4.09. The lowest BCUT2D eigenvalue weighted by molar-refractivity contribution is -0.118. The zero-order valence-electron chi connectivity index (χ0n) is 14.8. The molecule has 0 radical (unpaired) electrons. The van der Waals surface area contributed by atoms with Crippen molar-refractivity contribution >= 4 is 22.5 Å². The number of nitrogens with zero attached hydrogens (tertiary/aromatic N) is 1. The molecule has 1 N–H and O–H groups in total. The lowest BCUT2D eigenvalue weighted by Gasteiger charge is -2.22. The molecule has 1 amide bonds. The number of nitrogens with one attached hydrogen (secondary N) is 1. The number of H-pyrrole nitrogens is 1. The number of aromatic nitrogens is 1. The quantitative estimate of drug-likeness (QED) is 0.781. The van der Waals surface area contributed by atoms with E-state index in [0.29, 0.717) is 12.0 Å². The van der Waals surface area contributed by atoms with E-state index in [9.17, 15) is 9.59 Å². The number of aryl methyl sites for hydroxylation is 2. The standard InChI is InChI=1S/C21H22N2O2/c1-4-19(24)23(18-10-8-14(2)9-11-18)13-17-12-16-7-5-6-15(3)20(16)22-21(17)25/h5-12H,4,13H2,1-3H3,(H,22,25). The third kappa shape index (κ3) is 3.48. The Hall–Kier alpha value is -2.88. The summed E-state index contributed by atoms with van der Waals surface area (Å²) in [5.41, 5.74) is 4.25. The average Bonchev–Trinajstić information content (AvgIpc) is 2.61. The predicted molar refractivity (Wildman–Crippen MR) is 102 cm³/mol. The smallest absolute Gasteiger partial charge is 0.253 e. The summed E-state index contributed by atoms with van der Waals surface area (Å²) in [7, 11) is 0. The van der Waals surface area contributed by atoms with Crippen molar-refractivity contribution in [3.8, 4) is 0 Å². The molecule has 0 saturated heterocycles. The minimum absolute atomic E-state index is 0.00686. The second-order valence-electron chi connectivity index (χ2n) is 6.33. The molecule has 0 fully saturated rings. The van der Waals surface area contributed by atoms with E-state index in [1.807, 2.05) is 69.3 Å². The van der Waals surface area contributed by atoms with Gasteiger partial charge in [-0.15, -0.1) is 0 Å². The molecule has 2 aromatic carbocycles. The number of benzene rings is 2. The molecule has 0 aliphatic carbocycles. The molecule has 4 nitrogen and oxygen atoms in total. The molecular weight excluding hydrogens is 312 g/mol. The molecule has 0 aliphatic rings. The normalized spacial score (nSPS) is 10.8. The van der Waals surface area contributed by atoms with Gasteiger partial charge in [0, 0.05) is 17.7 Å². The van der Waals surface area contributed by atoms with Gasteiger partial charge in [-0.1, -0.05) is 42.8 Å². The van der Waals surface area contributed by atoms with Crippen LogP contribution in [0.15, 0.2) is 53.3 Å². The van der Waals surface area contributed by atoms with Crippen molar-refractivity contribution in [2.24, 2.45) is 0 Å². The fourth-order valence-electron chi connectivity index (χ4n) is 2.96. The van der Waals surface area contributed by atoms with E-state index < -0.39 is 0 Å². The Bertz CT molecular complexity index is 971. The van der Waals surface area contributed by atoms with Crippen molar-refractivity contribution in [1.29, 1.82) is 0 Å². The van der Waals surface area contributed by atoms with Crippen LogP contribution in [0.2, 0.25) is 0 Å².